The number of rotatable bonds is 8. The van der Waals surface area contributed by atoms with Crippen LogP contribution in [0, 0.1) is 11.3 Å². The normalized spacial score (nSPS) is 21.3. The first-order valence-electron chi connectivity index (χ1n) is 10.7. The van der Waals surface area contributed by atoms with Gasteiger partial charge in [0.05, 0.1) is 17.4 Å². The number of likely N-dealkylation sites (N-methyl/N-ethyl adjacent to an activating group) is 1. The summed E-state index contributed by atoms with van der Waals surface area (Å²) in [6.07, 6.45) is 10.4. The Labute approximate surface area is 189 Å². The summed E-state index contributed by atoms with van der Waals surface area (Å²) in [5, 5.41) is 26.3. The third kappa shape index (κ3) is 6.21. The van der Waals surface area contributed by atoms with Gasteiger partial charge in [0.15, 0.2) is 0 Å². The van der Waals surface area contributed by atoms with Crippen molar-refractivity contribution >= 4 is 23.7 Å². The van der Waals surface area contributed by atoms with Crippen LogP contribution in [0.2, 0.25) is 0 Å². The third-order valence-corrected chi connectivity index (χ3v) is 6.21. The van der Waals surface area contributed by atoms with Crippen molar-refractivity contribution in [2.75, 3.05) is 13.6 Å². The molecule has 3 rings (SSSR count). The van der Waals surface area contributed by atoms with Crippen molar-refractivity contribution in [2.24, 2.45) is 10.9 Å². The number of benzene rings is 1. The van der Waals surface area contributed by atoms with Crippen LogP contribution in [-0.2, 0) is 0 Å². The molecule has 0 aromatic heterocycles. The summed E-state index contributed by atoms with van der Waals surface area (Å²) in [7, 11) is 1.92. The van der Waals surface area contributed by atoms with E-state index >= 15 is 0 Å². The largest absolute Gasteiger partial charge is 0.506 e. The van der Waals surface area contributed by atoms with Crippen LogP contribution in [0.15, 0.2) is 81.2 Å². The van der Waals surface area contributed by atoms with E-state index in [1.165, 1.54) is 16.5 Å². The topological polar surface area (TPSA) is 80.5 Å². The van der Waals surface area contributed by atoms with Gasteiger partial charge in [-0.3, -0.25) is 4.99 Å². The minimum Gasteiger partial charge on any atom is -0.506 e. The van der Waals surface area contributed by atoms with Gasteiger partial charge in [0, 0.05) is 40.6 Å². The average Bonchev–Trinajstić information content (AvgIpc) is 2.75. The molecule has 2 atom stereocenters. The molecule has 0 bridgehead atoms. The Morgan fingerprint density at radius 3 is 2.71 bits per heavy atom. The van der Waals surface area contributed by atoms with Crippen LogP contribution in [0.25, 0.3) is 0 Å². The molecule has 1 heterocycles. The number of hydrogen-bond acceptors (Lipinski definition) is 6. The minimum atomic E-state index is -0.122. The van der Waals surface area contributed by atoms with Crippen molar-refractivity contribution in [1.29, 1.82) is 5.41 Å². The van der Waals surface area contributed by atoms with E-state index in [9.17, 15) is 5.11 Å². The van der Waals surface area contributed by atoms with Gasteiger partial charge in [0.1, 0.15) is 5.76 Å². The lowest BCUT2D eigenvalue weighted by Gasteiger charge is -2.24. The zero-order chi connectivity index (χ0) is 22.4. The monoisotopic (exact) mass is 436 g/mol. The zero-order valence-electron chi connectivity index (χ0n) is 18.6. The van der Waals surface area contributed by atoms with Gasteiger partial charge in [-0.1, -0.05) is 44.2 Å². The first-order valence-corrected chi connectivity index (χ1v) is 11.5. The summed E-state index contributed by atoms with van der Waals surface area (Å²) in [4.78, 5) is 5.73. The van der Waals surface area contributed by atoms with E-state index in [1.54, 1.807) is 0 Å². The molecule has 31 heavy (non-hydrogen) atoms. The van der Waals surface area contributed by atoms with Crippen molar-refractivity contribution in [1.82, 2.24) is 10.6 Å². The van der Waals surface area contributed by atoms with Crippen molar-refractivity contribution < 1.29 is 5.11 Å². The Hall–Kier alpha value is -2.57. The predicted molar refractivity (Wildman–Crippen MR) is 132 cm³/mol. The van der Waals surface area contributed by atoms with Gasteiger partial charge in [-0.05, 0) is 43.7 Å². The Kier molecular flexibility index (Phi) is 7.93. The van der Waals surface area contributed by atoms with Crippen molar-refractivity contribution in [2.45, 2.75) is 43.4 Å². The molecule has 0 amide bonds. The Bertz CT molecular complexity index is 954. The maximum Gasteiger partial charge on any atom is 0.142 e. The van der Waals surface area contributed by atoms with E-state index in [4.69, 9.17) is 5.41 Å². The Morgan fingerprint density at radius 1 is 1.35 bits per heavy atom. The molecule has 1 aromatic carbocycles. The van der Waals surface area contributed by atoms with Crippen LogP contribution < -0.4 is 10.6 Å². The summed E-state index contributed by atoms with van der Waals surface area (Å²) in [6.45, 7) is 7.05. The first-order chi connectivity index (χ1) is 14.9. The van der Waals surface area contributed by atoms with Crippen LogP contribution in [0.3, 0.4) is 0 Å². The second-order valence-corrected chi connectivity index (χ2v) is 9.74. The van der Waals surface area contributed by atoms with Crippen LogP contribution in [-0.4, -0.2) is 35.9 Å². The van der Waals surface area contributed by atoms with Gasteiger partial charge in [-0.2, -0.15) is 0 Å². The maximum absolute atomic E-state index is 10.8. The fourth-order valence-electron chi connectivity index (χ4n) is 3.56. The van der Waals surface area contributed by atoms with Gasteiger partial charge in [-0.15, -0.1) is 11.8 Å². The fraction of sp³-hybridized carbons (Fsp3) is 0.360. The van der Waals surface area contributed by atoms with Crippen LogP contribution >= 0.6 is 11.8 Å². The van der Waals surface area contributed by atoms with E-state index in [2.05, 4.69) is 65.9 Å². The van der Waals surface area contributed by atoms with Gasteiger partial charge in [0.25, 0.3) is 0 Å². The molecular weight excluding hydrogens is 404 g/mol. The summed E-state index contributed by atoms with van der Waals surface area (Å²) in [5.74, 6) is 0.0206. The van der Waals surface area contributed by atoms with Gasteiger partial charge in [-0.25, -0.2) is 0 Å². The number of aliphatic imine (C=N–C) groups is 1. The van der Waals surface area contributed by atoms with Gasteiger partial charge in [0.2, 0.25) is 0 Å². The van der Waals surface area contributed by atoms with E-state index in [0.29, 0.717) is 22.4 Å². The summed E-state index contributed by atoms with van der Waals surface area (Å²) < 4.78 is 0. The average molecular weight is 437 g/mol. The van der Waals surface area contributed by atoms with E-state index in [1.807, 2.05) is 38.0 Å². The summed E-state index contributed by atoms with van der Waals surface area (Å²) >= 11 is 1.83. The molecular formula is C25H32N4OS. The lowest BCUT2D eigenvalue weighted by Crippen LogP contribution is -2.27. The first kappa shape index (κ1) is 23.1. The number of nitrogens with one attached hydrogen (secondary N) is 3. The van der Waals surface area contributed by atoms with E-state index in [0.717, 1.165) is 18.5 Å². The minimum absolute atomic E-state index is 0.0300. The van der Waals surface area contributed by atoms with Crippen molar-refractivity contribution in [3.05, 3.63) is 76.9 Å². The van der Waals surface area contributed by atoms with Crippen molar-refractivity contribution in [3.63, 3.8) is 0 Å². The highest BCUT2D eigenvalue weighted by atomic mass is 32.2. The molecule has 2 unspecified atom stereocenters. The van der Waals surface area contributed by atoms with Crippen LogP contribution in [0.4, 0.5) is 0 Å². The smallest absolute Gasteiger partial charge is 0.142 e. The predicted octanol–water partition coefficient (Wildman–Crippen LogP) is 5.32. The number of nitrogens with zero attached hydrogens (tertiary/aromatic N) is 1. The highest BCUT2D eigenvalue weighted by molar-refractivity contribution is 7.99. The van der Waals surface area contributed by atoms with Gasteiger partial charge >= 0.3 is 0 Å². The number of aliphatic hydroxyl groups is 1. The second kappa shape index (κ2) is 10.6. The SMILES string of the molecule is CNCC1=CCC(C(=N)/C=C(\O)C2=C(C)N=CC(c3ccc(SC(C)C)cc3)N2)C=C1. The number of thioether (sulfide) groups is 1. The summed E-state index contributed by atoms with van der Waals surface area (Å²) in [6, 6.07) is 8.31. The molecule has 1 aliphatic heterocycles. The second-order valence-electron chi connectivity index (χ2n) is 8.09. The molecule has 4 N–H and O–H groups in total. The molecule has 6 heteroatoms. The number of aliphatic hydroxyl groups excluding tert-OH is 1. The third-order valence-electron chi connectivity index (χ3n) is 5.20. The quantitative estimate of drug-likeness (QED) is 0.253. The molecule has 0 fully saturated rings. The van der Waals surface area contributed by atoms with E-state index in [-0.39, 0.29) is 17.7 Å². The molecule has 164 valence electrons. The molecule has 0 saturated carbocycles. The highest BCUT2D eigenvalue weighted by Crippen LogP contribution is 2.27. The molecule has 0 saturated heterocycles. The number of hydrogen-bond donors (Lipinski definition) is 4. The van der Waals surface area contributed by atoms with Crippen molar-refractivity contribution in [3.8, 4) is 0 Å². The lowest BCUT2D eigenvalue weighted by molar-refractivity contribution is 0.409. The zero-order valence-corrected chi connectivity index (χ0v) is 19.5. The van der Waals surface area contributed by atoms with Crippen LogP contribution in [0.1, 0.15) is 38.8 Å². The molecule has 0 radical (unpaired) electrons. The molecule has 1 aromatic rings. The standard InChI is InChI=1S/C25H32N4OS/c1-16(2)31-21-11-9-20(10-12-21)23-15-28-17(3)25(29-23)24(30)13-22(26)19-7-5-18(6-8-19)14-27-4/h5-7,9-13,15-16,19,23,26-27,29-30H,8,14H2,1-4H3/b24-13-,26-22?. The fourth-order valence-corrected chi connectivity index (χ4v) is 4.40. The Balaban J connectivity index is 1.68. The molecule has 5 nitrogen and oxygen atoms in total. The Morgan fingerprint density at radius 2 is 2.10 bits per heavy atom. The van der Waals surface area contributed by atoms with Crippen LogP contribution in [0.5, 0.6) is 0 Å². The highest BCUT2D eigenvalue weighted by Gasteiger charge is 2.20. The maximum atomic E-state index is 10.8. The molecule has 2 aliphatic rings. The molecule has 1 aliphatic carbocycles. The van der Waals surface area contributed by atoms with Gasteiger partial charge < -0.3 is 21.1 Å². The van der Waals surface area contributed by atoms with E-state index < -0.39 is 0 Å². The lowest BCUT2D eigenvalue weighted by atomic mass is 9.92. The molecule has 0 spiro atoms. The summed E-state index contributed by atoms with van der Waals surface area (Å²) in [5.41, 5.74) is 3.98. The number of allylic oxidation sites excluding steroid dienone is 4.